The van der Waals surface area contributed by atoms with Crippen LogP contribution >= 0.6 is 11.3 Å². The maximum absolute atomic E-state index is 3.69. The molecule has 4 rings (SSSR count). The molecule has 2 atom stereocenters. The Morgan fingerprint density at radius 1 is 1.21 bits per heavy atom. The van der Waals surface area contributed by atoms with E-state index in [1.54, 1.807) is 10.4 Å². The van der Waals surface area contributed by atoms with Gasteiger partial charge in [-0.2, -0.15) is 0 Å². The summed E-state index contributed by atoms with van der Waals surface area (Å²) >= 11 is 1.98. The van der Waals surface area contributed by atoms with Gasteiger partial charge in [0.1, 0.15) is 0 Å². The third kappa shape index (κ3) is 2.48. The van der Waals surface area contributed by atoms with Crippen molar-refractivity contribution in [1.82, 2.24) is 10.2 Å². The molecule has 1 aliphatic heterocycles. The van der Waals surface area contributed by atoms with Crippen molar-refractivity contribution in [2.75, 3.05) is 13.1 Å². The maximum Gasteiger partial charge on any atom is 0.0362 e. The first-order valence-corrected chi connectivity index (χ1v) is 8.85. The standard InChI is InChI=1S/C16H24N2S/c1-4-15(14-8-10-19-16(14)5-1)18(13-6-7-13)11-12-3-2-9-17-12/h8,10,12-13,15,17H,1-7,9,11H2. The summed E-state index contributed by atoms with van der Waals surface area (Å²) in [5, 5.41) is 5.99. The fourth-order valence-corrected chi connectivity index (χ4v) is 4.89. The molecular weight excluding hydrogens is 252 g/mol. The molecule has 0 amide bonds. The van der Waals surface area contributed by atoms with E-state index in [0.717, 1.165) is 18.1 Å². The van der Waals surface area contributed by atoms with Crippen LogP contribution in [0, 0.1) is 0 Å². The summed E-state index contributed by atoms with van der Waals surface area (Å²) in [7, 11) is 0. The Labute approximate surface area is 120 Å². The molecule has 2 unspecified atom stereocenters. The Morgan fingerprint density at radius 2 is 2.16 bits per heavy atom. The van der Waals surface area contributed by atoms with Gasteiger partial charge in [-0.3, -0.25) is 4.90 Å². The highest BCUT2D eigenvalue weighted by molar-refractivity contribution is 7.10. The number of nitrogens with zero attached hydrogens (tertiary/aromatic N) is 1. The zero-order valence-corrected chi connectivity index (χ0v) is 12.4. The summed E-state index contributed by atoms with van der Waals surface area (Å²) < 4.78 is 0. The molecule has 2 heterocycles. The lowest BCUT2D eigenvalue weighted by Crippen LogP contribution is -2.41. The lowest BCUT2D eigenvalue weighted by atomic mass is 9.92. The van der Waals surface area contributed by atoms with Crippen molar-refractivity contribution in [3.8, 4) is 0 Å². The number of fused-ring (bicyclic) bond motifs is 1. The molecule has 104 valence electrons. The number of rotatable bonds is 4. The van der Waals surface area contributed by atoms with E-state index in [2.05, 4.69) is 21.7 Å². The first-order valence-electron chi connectivity index (χ1n) is 7.97. The quantitative estimate of drug-likeness (QED) is 0.907. The lowest BCUT2D eigenvalue weighted by Gasteiger charge is -2.36. The van der Waals surface area contributed by atoms with Crippen molar-refractivity contribution < 1.29 is 0 Å². The van der Waals surface area contributed by atoms with Crippen molar-refractivity contribution in [1.29, 1.82) is 0 Å². The Kier molecular flexibility index (Phi) is 3.38. The number of hydrogen-bond acceptors (Lipinski definition) is 3. The van der Waals surface area contributed by atoms with Gasteiger partial charge in [0, 0.05) is 29.5 Å². The molecule has 1 N–H and O–H groups in total. The van der Waals surface area contributed by atoms with Gasteiger partial charge in [0.15, 0.2) is 0 Å². The van der Waals surface area contributed by atoms with Crippen LogP contribution in [-0.4, -0.2) is 30.1 Å². The molecular formula is C16H24N2S. The van der Waals surface area contributed by atoms with Gasteiger partial charge in [0.25, 0.3) is 0 Å². The normalized spacial score (nSPS) is 30.8. The Balaban J connectivity index is 1.54. The molecule has 3 heteroatoms. The largest absolute Gasteiger partial charge is 0.313 e. The van der Waals surface area contributed by atoms with Crippen LogP contribution in [0.25, 0.3) is 0 Å². The third-order valence-electron chi connectivity index (χ3n) is 5.03. The van der Waals surface area contributed by atoms with Crippen LogP contribution in [-0.2, 0) is 6.42 Å². The smallest absolute Gasteiger partial charge is 0.0362 e. The molecule has 2 nitrogen and oxygen atoms in total. The third-order valence-corrected chi connectivity index (χ3v) is 6.03. The molecule has 0 radical (unpaired) electrons. The Morgan fingerprint density at radius 3 is 2.95 bits per heavy atom. The molecule has 1 aromatic rings. The van der Waals surface area contributed by atoms with E-state index in [1.807, 2.05) is 11.3 Å². The first kappa shape index (κ1) is 12.4. The van der Waals surface area contributed by atoms with E-state index in [4.69, 9.17) is 0 Å². The molecule has 3 aliphatic rings. The summed E-state index contributed by atoms with van der Waals surface area (Å²) in [5.41, 5.74) is 1.67. The van der Waals surface area contributed by atoms with Crippen molar-refractivity contribution >= 4 is 11.3 Å². The van der Waals surface area contributed by atoms with Gasteiger partial charge in [-0.15, -0.1) is 11.3 Å². The zero-order valence-electron chi connectivity index (χ0n) is 11.6. The van der Waals surface area contributed by atoms with E-state index < -0.39 is 0 Å². The average molecular weight is 276 g/mol. The summed E-state index contributed by atoms with van der Waals surface area (Å²) in [6, 6.07) is 4.77. The molecule has 1 aromatic heterocycles. The maximum atomic E-state index is 3.69. The van der Waals surface area contributed by atoms with Gasteiger partial charge < -0.3 is 5.32 Å². The Hall–Kier alpha value is -0.380. The van der Waals surface area contributed by atoms with Crippen molar-refractivity contribution in [3.63, 3.8) is 0 Å². The van der Waals surface area contributed by atoms with Gasteiger partial charge in [-0.25, -0.2) is 0 Å². The molecule has 0 bridgehead atoms. The minimum Gasteiger partial charge on any atom is -0.313 e. The highest BCUT2D eigenvalue weighted by Crippen LogP contribution is 2.42. The van der Waals surface area contributed by atoms with Gasteiger partial charge in [-0.05, 0) is 68.5 Å². The molecule has 1 saturated heterocycles. The van der Waals surface area contributed by atoms with Crippen LogP contribution in [0.15, 0.2) is 11.4 Å². The van der Waals surface area contributed by atoms with Gasteiger partial charge in [0.05, 0.1) is 0 Å². The van der Waals surface area contributed by atoms with Gasteiger partial charge in [0.2, 0.25) is 0 Å². The van der Waals surface area contributed by atoms with Crippen LogP contribution in [0.1, 0.15) is 55.0 Å². The second-order valence-corrected chi connectivity index (χ2v) is 7.43. The summed E-state index contributed by atoms with van der Waals surface area (Å²) in [4.78, 5) is 4.52. The fraction of sp³-hybridized carbons (Fsp3) is 0.750. The summed E-state index contributed by atoms with van der Waals surface area (Å²) in [6.45, 7) is 2.52. The van der Waals surface area contributed by atoms with Crippen molar-refractivity contribution in [2.45, 2.75) is 63.1 Å². The van der Waals surface area contributed by atoms with Crippen LogP contribution < -0.4 is 5.32 Å². The van der Waals surface area contributed by atoms with Crippen molar-refractivity contribution in [3.05, 3.63) is 21.9 Å². The van der Waals surface area contributed by atoms with Gasteiger partial charge in [-0.1, -0.05) is 0 Å². The highest BCUT2D eigenvalue weighted by Gasteiger charge is 2.38. The second kappa shape index (κ2) is 5.19. The molecule has 19 heavy (non-hydrogen) atoms. The Bertz CT molecular complexity index is 432. The minimum atomic E-state index is 0.727. The first-order chi connectivity index (χ1) is 9.42. The number of thiophene rings is 1. The van der Waals surface area contributed by atoms with E-state index in [1.165, 1.54) is 58.0 Å². The van der Waals surface area contributed by atoms with E-state index in [-0.39, 0.29) is 0 Å². The van der Waals surface area contributed by atoms with Crippen LogP contribution in [0.5, 0.6) is 0 Å². The minimum absolute atomic E-state index is 0.727. The van der Waals surface area contributed by atoms with Crippen LogP contribution in [0.4, 0.5) is 0 Å². The topological polar surface area (TPSA) is 15.3 Å². The SMILES string of the molecule is c1cc2c(s1)CCCC2N(CC1CCCN1)C1CC1. The van der Waals surface area contributed by atoms with Crippen LogP contribution in [0.2, 0.25) is 0 Å². The zero-order chi connectivity index (χ0) is 12.7. The van der Waals surface area contributed by atoms with Gasteiger partial charge >= 0.3 is 0 Å². The number of hydrogen-bond donors (Lipinski definition) is 1. The van der Waals surface area contributed by atoms with Crippen molar-refractivity contribution in [2.24, 2.45) is 0 Å². The molecule has 0 aromatic carbocycles. The van der Waals surface area contributed by atoms with E-state index in [9.17, 15) is 0 Å². The van der Waals surface area contributed by atoms with E-state index >= 15 is 0 Å². The molecule has 0 spiro atoms. The van der Waals surface area contributed by atoms with E-state index in [0.29, 0.717) is 0 Å². The van der Waals surface area contributed by atoms with Crippen LogP contribution in [0.3, 0.4) is 0 Å². The second-order valence-electron chi connectivity index (χ2n) is 6.43. The predicted molar refractivity (Wildman–Crippen MR) is 80.8 cm³/mol. The molecule has 2 aliphatic carbocycles. The molecule has 1 saturated carbocycles. The summed E-state index contributed by atoms with van der Waals surface area (Å²) in [5.74, 6) is 0. The predicted octanol–water partition coefficient (Wildman–Crippen LogP) is 3.34. The molecule has 2 fully saturated rings. The number of aryl methyl sites for hydroxylation is 1. The average Bonchev–Trinajstić information content (AvgIpc) is 2.95. The fourth-order valence-electron chi connectivity index (χ4n) is 3.91. The lowest BCUT2D eigenvalue weighted by molar-refractivity contribution is 0.155. The summed E-state index contributed by atoms with van der Waals surface area (Å²) in [6.07, 6.45) is 9.71. The highest BCUT2D eigenvalue weighted by atomic mass is 32.1. The number of nitrogens with one attached hydrogen (secondary N) is 1. The monoisotopic (exact) mass is 276 g/mol.